The molecule has 0 saturated heterocycles. The molecule has 1 amide bonds. The average Bonchev–Trinajstić information content (AvgIpc) is 2.61. The average molecular weight is 476 g/mol. The fraction of sp³-hybridized carbons (Fsp3) is 0.579. The van der Waals surface area contributed by atoms with Crippen molar-refractivity contribution in [2.24, 2.45) is 4.99 Å². The SMILES string of the molecule is CCCCCNC(=NCc1cccc(OCC(=O)N(C)C)c1)NCC.I. The highest BCUT2D eigenvalue weighted by Crippen LogP contribution is 2.14. The van der Waals surface area contributed by atoms with E-state index in [0.717, 1.165) is 31.0 Å². The summed E-state index contributed by atoms with van der Waals surface area (Å²) in [6.07, 6.45) is 3.57. The first-order valence-corrected chi connectivity index (χ1v) is 9.00. The molecule has 0 saturated carbocycles. The van der Waals surface area contributed by atoms with Crippen molar-refractivity contribution in [2.75, 3.05) is 33.8 Å². The summed E-state index contributed by atoms with van der Waals surface area (Å²) in [7, 11) is 3.43. The molecule has 0 spiro atoms. The number of likely N-dealkylation sites (N-methyl/N-ethyl adjacent to an activating group) is 1. The largest absolute Gasteiger partial charge is 0.484 e. The van der Waals surface area contributed by atoms with Gasteiger partial charge in [0.1, 0.15) is 5.75 Å². The van der Waals surface area contributed by atoms with Crippen LogP contribution in [0.3, 0.4) is 0 Å². The van der Waals surface area contributed by atoms with E-state index in [9.17, 15) is 4.79 Å². The first kappa shape index (κ1) is 24.5. The summed E-state index contributed by atoms with van der Waals surface area (Å²) in [6.45, 7) is 6.61. The lowest BCUT2D eigenvalue weighted by Gasteiger charge is -2.12. The van der Waals surface area contributed by atoms with Gasteiger partial charge in [-0.3, -0.25) is 4.79 Å². The second-order valence-electron chi connectivity index (χ2n) is 6.05. The lowest BCUT2D eigenvalue weighted by atomic mass is 10.2. The lowest BCUT2D eigenvalue weighted by Crippen LogP contribution is -2.37. The number of hydrogen-bond acceptors (Lipinski definition) is 3. The number of ether oxygens (including phenoxy) is 1. The predicted octanol–water partition coefficient (Wildman–Crippen LogP) is 3.02. The van der Waals surface area contributed by atoms with Gasteiger partial charge in [-0.2, -0.15) is 0 Å². The first-order chi connectivity index (χ1) is 12.1. The number of rotatable bonds is 10. The van der Waals surface area contributed by atoms with E-state index in [4.69, 9.17) is 4.74 Å². The summed E-state index contributed by atoms with van der Waals surface area (Å²) in [6, 6.07) is 7.70. The van der Waals surface area contributed by atoms with E-state index in [1.54, 1.807) is 14.1 Å². The Kier molecular flexibility index (Phi) is 13.8. The molecule has 1 aromatic rings. The van der Waals surface area contributed by atoms with Gasteiger partial charge in [0, 0.05) is 27.2 Å². The number of hydrogen-bond donors (Lipinski definition) is 2. The molecule has 0 aliphatic heterocycles. The van der Waals surface area contributed by atoms with Crippen LogP contribution < -0.4 is 15.4 Å². The highest BCUT2D eigenvalue weighted by atomic mass is 127. The summed E-state index contributed by atoms with van der Waals surface area (Å²) in [5.41, 5.74) is 1.04. The molecule has 0 heterocycles. The maximum Gasteiger partial charge on any atom is 0.259 e. The minimum absolute atomic E-state index is 0. The van der Waals surface area contributed by atoms with Gasteiger partial charge in [0.15, 0.2) is 12.6 Å². The van der Waals surface area contributed by atoms with Crippen LogP contribution in [0.2, 0.25) is 0 Å². The number of carbonyl (C=O) groups excluding carboxylic acids is 1. The second kappa shape index (κ2) is 14.6. The van der Waals surface area contributed by atoms with Crippen LogP contribution >= 0.6 is 24.0 Å². The van der Waals surface area contributed by atoms with Gasteiger partial charge in [0.05, 0.1) is 6.54 Å². The zero-order chi connectivity index (χ0) is 18.5. The van der Waals surface area contributed by atoms with E-state index in [1.165, 1.54) is 17.7 Å². The summed E-state index contributed by atoms with van der Waals surface area (Å²) in [5.74, 6) is 1.45. The van der Waals surface area contributed by atoms with Crippen LogP contribution in [0.5, 0.6) is 5.75 Å². The van der Waals surface area contributed by atoms with E-state index in [1.807, 2.05) is 24.3 Å². The Morgan fingerprint density at radius 2 is 1.96 bits per heavy atom. The standard InChI is InChI=1S/C19H32N4O2.HI/c1-5-7-8-12-21-19(20-6-2)22-14-16-10-9-11-17(13-16)25-15-18(24)23(3)4;/h9-11,13H,5-8,12,14-15H2,1-4H3,(H2,20,21,22);1H. The highest BCUT2D eigenvalue weighted by molar-refractivity contribution is 14.0. The van der Waals surface area contributed by atoms with Crippen LogP contribution in [0.25, 0.3) is 0 Å². The van der Waals surface area contributed by atoms with Crippen LogP contribution in [0, 0.1) is 0 Å². The monoisotopic (exact) mass is 476 g/mol. The Morgan fingerprint density at radius 3 is 2.62 bits per heavy atom. The minimum atomic E-state index is -0.0610. The molecule has 0 aliphatic rings. The van der Waals surface area contributed by atoms with Crippen molar-refractivity contribution in [3.63, 3.8) is 0 Å². The Balaban J connectivity index is 0.00000625. The number of aliphatic imine (C=N–C) groups is 1. The number of halogens is 1. The topological polar surface area (TPSA) is 66.0 Å². The Morgan fingerprint density at radius 1 is 1.19 bits per heavy atom. The number of unbranched alkanes of at least 4 members (excludes halogenated alkanes) is 2. The number of nitrogens with one attached hydrogen (secondary N) is 2. The molecule has 0 aromatic heterocycles. The zero-order valence-corrected chi connectivity index (χ0v) is 18.7. The summed E-state index contributed by atoms with van der Waals surface area (Å²) >= 11 is 0. The quantitative estimate of drug-likeness (QED) is 0.236. The molecule has 6 nitrogen and oxygen atoms in total. The van der Waals surface area contributed by atoms with Crippen molar-refractivity contribution in [1.29, 1.82) is 0 Å². The van der Waals surface area contributed by atoms with Gasteiger partial charge in [-0.1, -0.05) is 31.9 Å². The van der Waals surface area contributed by atoms with Crippen molar-refractivity contribution >= 4 is 35.8 Å². The van der Waals surface area contributed by atoms with Gasteiger partial charge in [0.2, 0.25) is 0 Å². The Hall–Kier alpha value is -1.51. The molecule has 0 unspecified atom stereocenters. The maximum absolute atomic E-state index is 11.6. The van der Waals surface area contributed by atoms with Gasteiger partial charge >= 0.3 is 0 Å². The number of amides is 1. The van der Waals surface area contributed by atoms with Crippen LogP contribution in [-0.4, -0.2) is 50.6 Å². The van der Waals surface area contributed by atoms with Gasteiger partial charge in [0.25, 0.3) is 5.91 Å². The summed E-state index contributed by atoms with van der Waals surface area (Å²) < 4.78 is 5.54. The smallest absolute Gasteiger partial charge is 0.259 e. The number of benzene rings is 1. The molecule has 7 heteroatoms. The molecule has 0 bridgehead atoms. The summed E-state index contributed by atoms with van der Waals surface area (Å²) in [5, 5.41) is 6.60. The van der Waals surface area contributed by atoms with Crippen molar-refractivity contribution in [3.8, 4) is 5.75 Å². The van der Waals surface area contributed by atoms with E-state index >= 15 is 0 Å². The van der Waals surface area contributed by atoms with Crippen molar-refractivity contribution < 1.29 is 9.53 Å². The molecule has 1 rings (SSSR count). The minimum Gasteiger partial charge on any atom is -0.484 e. The molecular formula is C19H33IN4O2. The zero-order valence-electron chi connectivity index (χ0n) is 16.4. The van der Waals surface area contributed by atoms with E-state index in [-0.39, 0.29) is 36.5 Å². The molecular weight excluding hydrogens is 443 g/mol. The highest BCUT2D eigenvalue weighted by Gasteiger charge is 2.05. The number of guanidine groups is 1. The molecule has 0 radical (unpaired) electrons. The fourth-order valence-corrected chi connectivity index (χ4v) is 2.10. The van der Waals surface area contributed by atoms with Gasteiger partial charge in [-0.05, 0) is 31.0 Å². The van der Waals surface area contributed by atoms with Gasteiger partial charge < -0.3 is 20.3 Å². The molecule has 0 atom stereocenters. The van der Waals surface area contributed by atoms with Crippen LogP contribution in [0.15, 0.2) is 29.3 Å². The molecule has 2 N–H and O–H groups in total. The molecule has 148 valence electrons. The third-order valence-electron chi connectivity index (χ3n) is 3.60. The van der Waals surface area contributed by atoms with E-state index in [0.29, 0.717) is 12.3 Å². The van der Waals surface area contributed by atoms with Gasteiger partial charge in [-0.25, -0.2) is 4.99 Å². The third-order valence-corrected chi connectivity index (χ3v) is 3.60. The van der Waals surface area contributed by atoms with E-state index in [2.05, 4.69) is 29.5 Å². The Bertz CT molecular complexity index is 550. The maximum atomic E-state index is 11.6. The van der Waals surface area contributed by atoms with Crippen molar-refractivity contribution in [1.82, 2.24) is 15.5 Å². The van der Waals surface area contributed by atoms with Crippen LogP contribution in [0.1, 0.15) is 38.7 Å². The van der Waals surface area contributed by atoms with Crippen LogP contribution in [0.4, 0.5) is 0 Å². The molecule has 0 aliphatic carbocycles. The van der Waals surface area contributed by atoms with Gasteiger partial charge in [-0.15, -0.1) is 24.0 Å². The lowest BCUT2D eigenvalue weighted by molar-refractivity contribution is -0.130. The number of nitrogens with zero attached hydrogens (tertiary/aromatic N) is 2. The third kappa shape index (κ3) is 10.5. The molecule has 26 heavy (non-hydrogen) atoms. The number of carbonyl (C=O) groups is 1. The first-order valence-electron chi connectivity index (χ1n) is 9.00. The summed E-state index contributed by atoms with van der Waals surface area (Å²) in [4.78, 5) is 17.7. The van der Waals surface area contributed by atoms with E-state index < -0.39 is 0 Å². The normalized spacial score (nSPS) is 10.7. The van der Waals surface area contributed by atoms with Crippen LogP contribution in [-0.2, 0) is 11.3 Å². The van der Waals surface area contributed by atoms with Crippen molar-refractivity contribution in [3.05, 3.63) is 29.8 Å². The Labute approximate surface area is 174 Å². The fourth-order valence-electron chi connectivity index (χ4n) is 2.10. The predicted molar refractivity (Wildman–Crippen MR) is 118 cm³/mol. The molecule has 1 aromatic carbocycles. The molecule has 0 fully saturated rings. The second-order valence-corrected chi connectivity index (χ2v) is 6.05. The van der Waals surface area contributed by atoms with Crippen molar-refractivity contribution in [2.45, 2.75) is 39.7 Å².